The van der Waals surface area contributed by atoms with Crippen LogP contribution in [0.5, 0.6) is 0 Å². The number of amides is 1. The van der Waals surface area contributed by atoms with Crippen LogP contribution in [0.1, 0.15) is 32.7 Å². The van der Waals surface area contributed by atoms with Crippen LogP contribution in [0.4, 0.5) is 23.2 Å². The molecule has 12 heteroatoms. The van der Waals surface area contributed by atoms with E-state index in [4.69, 9.17) is 5.21 Å². The summed E-state index contributed by atoms with van der Waals surface area (Å²) in [4.78, 5) is 14.6. The van der Waals surface area contributed by atoms with Crippen molar-refractivity contribution in [2.75, 3.05) is 4.72 Å². The molecule has 0 fully saturated rings. The summed E-state index contributed by atoms with van der Waals surface area (Å²) < 4.78 is 80.8. The minimum absolute atomic E-state index is 0.0609. The number of halogens is 4. The zero-order valence-electron chi connectivity index (χ0n) is 16.7. The maximum Gasteiger partial charge on any atom is 0.433 e. The largest absolute Gasteiger partial charge is 0.433 e. The highest BCUT2D eigenvalue weighted by Crippen LogP contribution is 2.31. The van der Waals surface area contributed by atoms with Gasteiger partial charge < -0.3 is 0 Å². The molecule has 0 radical (unpaired) electrons. The second-order valence-electron chi connectivity index (χ2n) is 6.99. The van der Waals surface area contributed by atoms with Gasteiger partial charge in [-0.05, 0) is 47.0 Å². The van der Waals surface area contributed by atoms with Crippen LogP contribution in [-0.4, -0.2) is 24.5 Å². The predicted molar refractivity (Wildman–Crippen MR) is 110 cm³/mol. The van der Waals surface area contributed by atoms with Crippen molar-refractivity contribution in [1.82, 2.24) is 10.5 Å². The van der Waals surface area contributed by atoms with Crippen LogP contribution < -0.4 is 10.2 Å². The van der Waals surface area contributed by atoms with Crippen molar-refractivity contribution in [3.8, 4) is 0 Å². The number of nitrogens with zero attached hydrogens (tertiary/aromatic N) is 1. The Kier molecular flexibility index (Phi) is 6.98. The molecule has 7 nitrogen and oxygen atoms in total. The van der Waals surface area contributed by atoms with E-state index >= 15 is 0 Å². The summed E-state index contributed by atoms with van der Waals surface area (Å²) in [5.74, 6) is -2.12. The molecule has 0 bridgehead atoms. The quantitative estimate of drug-likeness (QED) is 0.269. The first kappa shape index (κ1) is 24.1. The Morgan fingerprint density at radius 3 is 2.33 bits per heavy atom. The van der Waals surface area contributed by atoms with Crippen LogP contribution >= 0.6 is 0 Å². The molecule has 1 aromatic heterocycles. The van der Waals surface area contributed by atoms with Crippen LogP contribution in [0.3, 0.4) is 0 Å². The predicted octanol–water partition coefficient (Wildman–Crippen LogP) is 3.89. The van der Waals surface area contributed by atoms with Crippen LogP contribution in [-0.2, 0) is 28.4 Å². The van der Waals surface area contributed by atoms with Crippen molar-refractivity contribution in [2.45, 2.75) is 18.3 Å². The zero-order valence-corrected chi connectivity index (χ0v) is 17.5. The first-order valence-corrected chi connectivity index (χ1v) is 11.0. The van der Waals surface area contributed by atoms with Crippen molar-refractivity contribution in [2.24, 2.45) is 0 Å². The molecule has 2 aromatic carbocycles. The van der Waals surface area contributed by atoms with Crippen molar-refractivity contribution >= 4 is 21.6 Å². The van der Waals surface area contributed by atoms with E-state index in [2.05, 4.69) is 9.71 Å². The van der Waals surface area contributed by atoms with Gasteiger partial charge in [0.2, 0.25) is 10.0 Å². The molecular formula is C21H17F4N3O4S. The molecule has 33 heavy (non-hydrogen) atoms. The Balaban J connectivity index is 1.73. The van der Waals surface area contributed by atoms with E-state index in [-0.39, 0.29) is 28.8 Å². The molecule has 0 saturated heterocycles. The number of carbonyl (C=O) groups excluding carboxylic acids is 1. The van der Waals surface area contributed by atoms with E-state index in [9.17, 15) is 30.8 Å². The lowest BCUT2D eigenvalue weighted by molar-refractivity contribution is -0.141. The number of aromatic nitrogens is 1. The summed E-state index contributed by atoms with van der Waals surface area (Å²) in [5, 5.41) is 8.59. The number of hydroxylamine groups is 1. The molecule has 0 saturated carbocycles. The molecule has 1 amide bonds. The summed E-state index contributed by atoms with van der Waals surface area (Å²) in [6, 6.07) is 11.2. The Morgan fingerprint density at radius 1 is 1.03 bits per heavy atom. The van der Waals surface area contributed by atoms with Crippen molar-refractivity contribution in [3.63, 3.8) is 0 Å². The lowest BCUT2D eigenvalue weighted by atomic mass is 10.0. The van der Waals surface area contributed by atoms with Crippen LogP contribution in [0, 0.1) is 5.82 Å². The normalized spacial score (nSPS) is 11.8. The molecule has 0 atom stereocenters. The molecule has 0 aliphatic rings. The van der Waals surface area contributed by atoms with Gasteiger partial charge in [0.25, 0.3) is 5.91 Å². The first-order valence-electron chi connectivity index (χ1n) is 9.32. The third kappa shape index (κ3) is 6.26. The number of rotatable bonds is 7. The topological polar surface area (TPSA) is 108 Å². The monoisotopic (exact) mass is 483 g/mol. The first-order chi connectivity index (χ1) is 15.5. The van der Waals surface area contributed by atoms with Gasteiger partial charge in [-0.2, -0.15) is 13.2 Å². The van der Waals surface area contributed by atoms with E-state index in [1.165, 1.54) is 54.0 Å². The van der Waals surface area contributed by atoms with Gasteiger partial charge in [-0.3, -0.25) is 19.7 Å². The Bertz CT molecular complexity index is 1260. The molecule has 0 aliphatic carbocycles. The standard InChI is InChI=1S/C21H17F4N3O4S/c22-18-11-17(8-7-15(18)10-16-2-1-9-26-19(16)21(23,24)25)28-33(31,32)12-13-3-5-14(6-4-13)20(29)27-30/h1-9,11,28,30H,10,12H2,(H,27,29). The van der Waals surface area contributed by atoms with Gasteiger partial charge in [-0.1, -0.05) is 24.3 Å². The highest BCUT2D eigenvalue weighted by atomic mass is 32.2. The average Bonchev–Trinajstić information content (AvgIpc) is 2.74. The summed E-state index contributed by atoms with van der Waals surface area (Å²) >= 11 is 0. The second-order valence-corrected chi connectivity index (χ2v) is 8.71. The number of alkyl halides is 3. The zero-order chi connectivity index (χ0) is 24.2. The van der Waals surface area contributed by atoms with Crippen molar-refractivity contribution in [1.29, 1.82) is 0 Å². The number of carbonyl (C=O) groups is 1. The van der Waals surface area contributed by atoms with Crippen LogP contribution in [0.25, 0.3) is 0 Å². The van der Waals surface area contributed by atoms with E-state index < -0.39 is 39.4 Å². The van der Waals surface area contributed by atoms with Gasteiger partial charge in [0, 0.05) is 18.2 Å². The third-order valence-corrected chi connectivity index (χ3v) is 5.80. The van der Waals surface area contributed by atoms with Crippen molar-refractivity contribution in [3.05, 3.63) is 94.6 Å². The van der Waals surface area contributed by atoms with Gasteiger partial charge in [-0.15, -0.1) is 0 Å². The van der Waals surface area contributed by atoms with Gasteiger partial charge in [-0.25, -0.2) is 18.3 Å². The third-order valence-electron chi connectivity index (χ3n) is 4.54. The number of benzene rings is 2. The molecule has 0 spiro atoms. The minimum Gasteiger partial charge on any atom is -0.288 e. The molecule has 174 valence electrons. The smallest absolute Gasteiger partial charge is 0.288 e. The molecule has 1 heterocycles. The number of sulfonamides is 1. The fourth-order valence-corrected chi connectivity index (χ4v) is 4.24. The summed E-state index contributed by atoms with van der Waals surface area (Å²) in [6.45, 7) is 0. The molecular weight excluding hydrogens is 466 g/mol. The second kappa shape index (κ2) is 9.55. The SMILES string of the molecule is O=C(NO)c1ccc(CS(=O)(=O)Nc2ccc(Cc3cccnc3C(F)(F)F)c(F)c2)cc1. The summed E-state index contributed by atoms with van der Waals surface area (Å²) in [5.41, 5.74) is 0.405. The number of hydrogen-bond acceptors (Lipinski definition) is 5. The van der Waals surface area contributed by atoms with E-state index in [1.807, 2.05) is 0 Å². The molecule has 0 unspecified atom stereocenters. The fourth-order valence-electron chi connectivity index (χ4n) is 3.05. The molecule has 3 N–H and O–H groups in total. The summed E-state index contributed by atoms with van der Waals surface area (Å²) in [6.07, 6.45) is -4.08. The minimum atomic E-state index is -4.69. The molecule has 3 rings (SSSR count). The highest BCUT2D eigenvalue weighted by molar-refractivity contribution is 7.91. The number of nitrogens with one attached hydrogen (secondary N) is 2. The fraction of sp³-hybridized carbons (Fsp3) is 0.143. The Morgan fingerprint density at radius 2 is 1.73 bits per heavy atom. The van der Waals surface area contributed by atoms with E-state index in [0.717, 1.165) is 12.3 Å². The van der Waals surface area contributed by atoms with E-state index in [1.54, 1.807) is 0 Å². The highest BCUT2D eigenvalue weighted by Gasteiger charge is 2.35. The number of pyridine rings is 1. The van der Waals surface area contributed by atoms with Crippen molar-refractivity contribution < 1.29 is 36.0 Å². The maximum atomic E-state index is 14.5. The Labute approximate surface area is 186 Å². The molecule has 0 aliphatic heterocycles. The Hall–Kier alpha value is -3.51. The summed E-state index contributed by atoms with van der Waals surface area (Å²) in [7, 11) is -3.97. The maximum absolute atomic E-state index is 14.5. The van der Waals surface area contributed by atoms with Gasteiger partial charge in [0.15, 0.2) is 0 Å². The van der Waals surface area contributed by atoms with Crippen LogP contribution in [0.15, 0.2) is 60.8 Å². The molecule has 3 aromatic rings. The lowest BCUT2D eigenvalue weighted by Crippen LogP contribution is -2.19. The number of hydrogen-bond donors (Lipinski definition) is 3. The van der Waals surface area contributed by atoms with Crippen LogP contribution in [0.2, 0.25) is 0 Å². The van der Waals surface area contributed by atoms with Gasteiger partial charge in [0.05, 0.1) is 11.4 Å². The van der Waals surface area contributed by atoms with Gasteiger partial charge in [0.1, 0.15) is 11.5 Å². The lowest BCUT2D eigenvalue weighted by Gasteiger charge is -2.13. The van der Waals surface area contributed by atoms with Gasteiger partial charge >= 0.3 is 6.18 Å². The number of anilines is 1. The van der Waals surface area contributed by atoms with E-state index in [0.29, 0.717) is 5.56 Å². The average molecular weight is 483 g/mol.